The van der Waals surface area contributed by atoms with Crippen LogP contribution in [-0.4, -0.2) is 21.2 Å². The molecule has 0 radical (unpaired) electrons. The predicted molar refractivity (Wildman–Crippen MR) is 133 cm³/mol. The van der Waals surface area contributed by atoms with Gasteiger partial charge in [-0.15, -0.1) is 11.3 Å². The smallest absolute Gasteiger partial charge is 0.263 e. The van der Waals surface area contributed by atoms with Crippen molar-refractivity contribution < 1.29 is 9.21 Å². The lowest BCUT2D eigenvalue weighted by Crippen LogP contribution is -2.25. The topological polar surface area (TPSA) is 77.1 Å². The van der Waals surface area contributed by atoms with Crippen molar-refractivity contribution in [3.63, 3.8) is 0 Å². The molecule has 0 saturated heterocycles. The second-order valence-corrected chi connectivity index (χ2v) is 10.6. The Morgan fingerprint density at radius 3 is 2.94 bits per heavy atom. The van der Waals surface area contributed by atoms with Gasteiger partial charge in [-0.2, -0.15) is 0 Å². The largest absolute Gasteiger partial charge is 0.467 e. The first kappa shape index (κ1) is 22.0. The molecule has 0 fully saturated rings. The summed E-state index contributed by atoms with van der Waals surface area (Å²) in [5.74, 6) is 1.33. The number of thioether (sulfide) groups is 1. The number of aromatic nitrogens is 2. The molecule has 1 amide bonds. The van der Waals surface area contributed by atoms with Gasteiger partial charge in [0, 0.05) is 10.6 Å². The van der Waals surface area contributed by atoms with Crippen molar-refractivity contribution in [1.29, 1.82) is 0 Å². The second kappa shape index (κ2) is 9.19. The molecule has 0 spiro atoms. The van der Waals surface area contributed by atoms with Gasteiger partial charge in [-0.1, -0.05) is 36.9 Å². The van der Waals surface area contributed by atoms with Crippen molar-refractivity contribution in [2.45, 2.75) is 44.8 Å². The maximum Gasteiger partial charge on any atom is 0.263 e. The number of rotatable bonds is 6. The second-order valence-electron chi connectivity index (χ2n) is 8.55. The van der Waals surface area contributed by atoms with Crippen molar-refractivity contribution in [3.8, 4) is 0 Å². The van der Waals surface area contributed by atoms with Gasteiger partial charge in [0.25, 0.3) is 5.56 Å². The average Bonchev–Trinajstić information content (AvgIpc) is 3.43. The first-order valence-corrected chi connectivity index (χ1v) is 12.9. The van der Waals surface area contributed by atoms with Crippen LogP contribution in [0.15, 0.2) is 57.0 Å². The lowest BCUT2D eigenvalue weighted by atomic mass is 9.89. The van der Waals surface area contributed by atoms with Crippen molar-refractivity contribution in [2.24, 2.45) is 5.92 Å². The summed E-state index contributed by atoms with van der Waals surface area (Å²) in [6.07, 6.45) is 4.60. The molecule has 1 atom stereocenters. The van der Waals surface area contributed by atoms with Gasteiger partial charge in [0.2, 0.25) is 5.91 Å². The fourth-order valence-corrected chi connectivity index (χ4v) is 6.46. The van der Waals surface area contributed by atoms with Crippen molar-refractivity contribution in [3.05, 3.63) is 74.8 Å². The molecule has 8 heteroatoms. The molecule has 0 aliphatic heterocycles. The van der Waals surface area contributed by atoms with Gasteiger partial charge in [0.05, 0.1) is 23.9 Å². The van der Waals surface area contributed by atoms with E-state index in [9.17, 15) is 9.59 Å². The highest BCUT2D eigenvalue weighted by atomic mass is 32.2. The third-order valence-corrected chi connectivity index (χ3v) is 8.15. The zero-order valence-electron chi connectivity index (χ0n) is 18.6. The third-order valence-electron chi connectivity index (χ3n) is 6.03. The summed E-state index contributed by atoms with van der Waals surface area (Å²) in [7, 11) is 0. The summed E-state index contributed by atoms with van der Waals surface area (Å²) in [5, 5.41) is 4.23. The maximum absolute atomic E-state index is 13.6. The number of carbonyl (C=O) groups is 1. The number of fused-ring (bicyclic) bond motifs is 3. The zero-order valence-corrected chi connectivity index (χ0v) is 20.2. The number of aryl methyl sites for hydroxylation is 2. The Balaban J connectivity index is 1.48. The van der Waals surface area contributed by atoms with Crippen LogP contribution in [0.4, 0.5) is 5.69 Å². The molecule has 1 aliphatic rings. The number of amides is 1. The average molecular weight is 480 g/mol. The number of hydrogen-bond donors (Lipinski definition) is 1. The molecule has 5 rings (SSSR count). The number of para-hydroxylation sites is 1. The minimum absolute atomic E-state index is 0.0507. The van der Waals surface area contributed by atoms with Crippen LogP contribution in [0, 0.1) is 12.8 Å². The van der Waals surface area contributed by atoms with E-state index in [2.05, 4.69) is 12.2 Å². The van der Waals surface area contributed by atoms with E-state index in [4.69, 9.17) is 9.40 Å². The normalized spacial score (nSPS) is 15.5. The monoisotopic (exact) mass is 479 g/mol. The van der Waals surface area contributed by atoms with Gasteiger partial charge in [-0.3, -0.25) is 14.2 Å². The Labute approximate surface area is 200 Å². The van der Waals surface area contributed by atoms with Crippen LogP contribution in [0.2, 0.25) is 0 Å². The van der Waals surface area contributed by atoms with Gasteiger partial charge in [0.15, 0.2) is 5.16 Å². The first-order valence-electron chi connectivity index (χ1n) is 11.1. The van der Waals surface area contributed by atoms with Gasteiger partial charge < -0.3 is 9.73 Å². The molecular weight excluding hydrogens is 454 g/mol. The number of nitrogens with one attached hydrogen (secondary N) is 1. The number of anilines is 1. The Hall–Kier alpha value is -2.84. The predicted octanol–water partition coefficient (Wildman–Crippen LogP) is 5.26. The van der Waals surface area contributed by atoms with Gasteiger partial charge in [-0.25, -0.2) is 4.98 Å². The fourth-order valence-electron chi connectivity index (χ4n) is 4.24. The highest BCUT2D eigenvalue weighted by Crippen LogP contribution is 2.36. The lowest BCUT2D eigenvalue weighted by Gasteiger charge is -2.17. The van der Waals surface area contributed by atoms with Crippen LogP contribution in [0.5, 0.6) is 0 Å². The molecular formula is C25H25N3O3S2. The summed E-state index contributed by atoms with van der Waals surface area (Å²) in [5.41, 5.74) is 2.90. The van der Waals surface area contributed by atoms with E-state index in [0.29, 0.717) is 16.8 Å². The fraction of sp³-hybridized carbons (Fsp3) is 0.320. The van der Waals surface area contributed by atoms with E-state index in [0.717, 1.165) is 46.3 Å². The molecule has 6 nitrogen and oxygen atoms in total. The Bertz CT molecular complexity index is 1370. The van der Waals surface area contributed by atoms with Gasteiger partial charge >= 0.3 is 0 Å². The Morgan fingerprint density at radius 1 is 1.30 bits per heavy atom. The molecule has 0 saturated carbocycles. The minimum Gasteiger partial charge on any atom is -0.467 e. The molecule has 170 valence electrons. The summed E-state index contributed by atoms with van der Waals surface area (Å²) in [6.45, 7) is 4.50. The number of furan rings is 1. The van der Waals surface area contributed by atoms with E-state index in [1.807, 2.05) is 43.3 Å². The van der Waals surface area contributed by atoms with Crippen molar-refractivity contribution >= 4 is 44.9 Å². The van der Waals surface area contributed by atoms with Crippen molar-refractivity contribution in [2.75, 3.05) is 11.1 Å². The molecule has 1 aromatic carbocycles. The van der Waals surface area contributed by atoms with Crippen LogP contribution in [0.1, 0.15) is 35.1 Å². The van der Waals surface area contributed by atoms with E-state index < -0.39 is 0 Å². The number of nitrogens with zero attached hydrogens (tertiary/aromatic N) is 2. The maximum atomic E-state index is 13.6. The molecule has 1 unspecified atom stereocenters. The molecule has 0 bridgehead atoms. The first-order chi connectivity index (χ1) is 16.0. The quantitative estimate of drug-likeness (QED) is 0.301. The SMILES string of the molecule is Cc1ccccc1NC(=O)CSc1nc2sc3c(c2c(=O)n1Cc1ccco1)CCC(C)C3. The van der Waals surface area contributed by atoms with Crippen LogP contribution in [-0.2, 0) is 24.2 Å². The molecule has 4 aromatic rings. The van der Waals surface area contributed by atoms with Gasteiger partial charge in [-0.05, 0) is 61.4 Å². The summed E-state index contributed by atoms with van der Waals surface area (Å²) in [6, 6.07) is 11.3. The third kappa shape index (κ3) is 4.50. The van der Waals surface area contributed by atoms with Crippen LogP contribution in [0.25, 0.3) is 10.2 Å². The summed E-state index contributed by atoms with van der Waals surface area (Å²) < 4.78 is 7.16. The number of hydrogen-bond acceptors (Lipinski definition) is 6. The van der Waals surface area contributed by atoms with E-state index in [1.165, 1.54) is 16.6 Å². The Kier molecular flexibility index (Phi) is 6.12. The lowest BCUT2D eigenvalue weighted by molar-refractivity contribution is -0.113. The highest BCUT2D eigenvalue weighted by molar-refractivity contribution is 7.99. The standard InChI is InChI=1S/C25H25N3O3S2/c1-15-9-10-18-20(12-15)33-23-22(18)24(30)28(13-17-7-5-11-31-17)25(27-23)32-14-21(29)26-19-8-4-3-6-16(19)2/h3-8,11,15H,9-10,12-14H2,1-2H3,(H,26,29). The number of benzene rings is 1. The van der Waals surface area contributed by atoms with Crippen LogP contribution >= 0.6 is 23.1 Å². The highest BCUT2D eigenvalue weighted by Gasteiger charge is 2.25. The molecule has 1 N–H and O–H groups in total. The van der Waals surface area contributed by atoms with Crippen LogP contribution < -0.4 is 10.9 Å². The molecule has 1 aliphatic carbocycles. The van der Waals surface area contributed by atoms with E-state index >= 15 is 0 Å². The summed E-state index contributed by atoms with van der Waals surface area (Å²) >= 11 is 2.91. The van der Waals surface area contributed by atoms with Crippen LogP contribution in [0.3, 0.4) is 0 Å². The Morgan fingerprint density at radius 2 is 2.15 bits per heavy atom. The molecule has 33 heavy (non-hydrogen) atoms. The summed E-state index contributed by atoms with van der Waals surface area (Å²) in [4.78, 5) is 33.2. The number of carbonyl (C=O) groups excluding carboxylic acids is 1. The van der Waals surface area contributed by atoms with Crippen molar-refractivity contribution in [1.82, 2.24) is 9.55 Å². The minimum atomic E-state index is -0.132. The zero-order chi connectivity index (χ0) is 22.9. The van der Waals surface area contributed by atoms with Gasteiger partial charge in [0.1, 0.15) is 10.6 Å². The van der Waals surface area contributed by atoms with E-state index in [1.54, 1.807) is 22.2 Å². The molecule has 3 heterocycles. The number of thiophene rings is 1. The van der Waals surface area contributed by atoms with E-state index in [-0.39, 0.29) is 23.8 Å². The molecule has 3 aromatic heterocycles.